The summed E-state index contributed by atoms with van der Waals surface area (Å²) in [5.74, 6) is -0.934. The lowest BCUT2D eigenvalue weighted by Crippen LogP contribution is -2.17. The van der Waals surface area contributed by atoms with E-state index in [2.05, 4.69) is 0 Å². The average molecular weight is 226 g/mol. The van der Waals surface area contributed by atoms with Crippen LogP contribution in [0.25, 0.3) is 0 Å². The number of aliphatic hydroxyl groups is 1. The molecule has 1 saturated carbocycles. The quantitative estimate of drug-likeness (QED) is 0.817. The van der Waals surface area contributed by atoms with Gasteiger partial charge in [-0.3, -0.25) is 0 Å². The fraction of sp³-hybridized carbons (Fsp3) is 0.538. The van der Waals surface area contributed by atoms with Gasteiger partial charge in [-0.05, 0) is 37.0 Å². The molecule has 0 saturated heterocycles. The minimum atomic E-state index is -0.865. The van der Waals surface area contributed by atoms with Gasteiger partial charge in [0.2, 0.25) is 0 Å². The largest absolute Gasteiger partial charge is 0.388 e. The number of hydrogen-bond acceptors (Lipinski definition) is 1. The van der Waals surface area contributed by atoms with Gasteiger partial charge in [-0.1, -0.05) is 19.3 Å². The van der Waals surface area contributed by atoms with Crippen LogP contribution in [0.1, 0.15) is 43.8 Å². The van der Waals surface area contributed by atoms with Crippen molar-refractivity contribution in [1.82, 2.24) is 0 Å². The van der Waals surface area contributed by atoms with Crippen molar-refractivity contribution in [2.24, 2.45) is 5.92 Å². The fourth-order valence-electron chi connectivity index (χ4n) is 2.45. The zero-order chi connectivity index (χ0) is 11.5. The molecule has 0 amide bonds. The molecule has 1 aromatic carbocycles. The minimum Gasteiger partial charge on any atom is -0.388 e. The molecule has 0 aliphatic heterocycles. The molecule has 0 aromatic heterocycles. The first kappa shape index (κ1) is 11.5. The monoisotopic (exact) mass is 226 g/mol. The molecule has 2 rings (SSSR count). The Kier molecular flexibility index (Phi) is 3.54. The normalized spacial score (nSPS) is 19.7. The molecular formula is C13H16F2O. The Morgan fingerprint density at radius 2 is 1.81 bits per heavy atom. The minimum absolute atomic E-state index is 0.0741. The predicted molar refractivity (Wildman–Crippen MR) is 57.9 cm³/mol. The zero-order valence-corrected chi connectivity index (χ0v) is 9.13. The highest BCUT2D eigenvalue weighted by molar-refractivity contribution is 5.21. The molecule has 1 fully saturated rings. The van der Waals surface area contributed by atoms with Gasteiger partial charge in [-0.25, -0.2) is 8.78 Å². The Bertz CT molecular complexity index is 359. The first-order valence-corrected chi connectivity index (χ1v) is 5.81. The van der Waals surface area contributed by atoms with E-state index >= 15 is 0 Å². The number of rotatable bonds is 2. The zero-order valence-electron chi connectivity index (χ0n) is 9.13. The lowest BCUT2D eigenvalue weighted by molar-refractivity contribution is 0.0813. The van der Waals surface area contributed by atoms with E-state index in [0.29, 0.717) is 0 Å². The van der Waals surface area contributed by atoms with E-state index < -0.39 is 17.7 Å². The summed E-state index contributed by atoms with van der Waals surface area (Å²) in [7, 11) is 0. The summed E-state index contributed by atoms with van der Waals surface area (Å²) in [5.41, 5.74) is 0.104. The SMILES string of the molecule is O[C@H](c1cc(F)ccc1F)C1CCCCC1. The van der Waals surface area contributed by atoms with E-state index in [9.17, 15) is 13.9 Å². The van der Waals surface area contributed by atoms with Crippen molar-refractivity contribution in [3.8, 4) is 0 Å². The fourth-order valence-corrected chi connectivity index (χ4v) is 2.45. The molecule has 0 unspecified atom stereocenters. The molecule has 1 aromatic rings. The van der Waals surface area contributed by atoms with Crippen LogP contribution >= 0.6 is 0 Å². The van der Waals surface area contributed by atoms with Crippen molar-refractivity contribution in [2.45, 2.75) is 38.2 Å². The second-order valence-electron chi connectivity index (χ2n) is 4.51. The maximum atomic E-state index is 13.4. The van der Waals surface area contributed by atoms with Gasteiger partial charge in [0.15, 0.2) is 0 Å². The molecule has 3 heteroatoms. The van der Waals surface area contributed by atoms with Gasteiger partial charge < -0.3 is 5.11 Å². The standard InChI is InChI=1S/C13H16F2O/c14-10-6-7-12(15)11(8-10)13(16)9-4-2-1-3-5-9/h6-9,13,16H,1-5H2/t13-/m0/s1. The third-order valence-corrected chi connectivity index (χ3v) is 3.37. The average Bonchev–Trinajstić information content (AvgIpc) is 2.32. The van der Waals surface area contributed by atoms with E-state index in [1.165, 1.54) is 6.42 Å². The second-order valence-corrected chi connectivity index (χ2v) is 4.51. The number of hydrogen-bond donors (Lipinski definition) is 1. The van der Waals surface area contributed by atoms with Crippen LogP contribution in [-0.2, 0) is 0 Å². The van der Waals surface area contributed by atoms with Crippen molar-refractivity contribution in [3.05, 3.63) is 35.4 Å². The van der Waals surface area contributed by atoms with Gasteiger partial charge in [-0.2, -0.15) is 0 Å². The Labute approximate surface area is 94.1 Å². The molecule has 1 nitrogen and oxygen atoms in total. The van der Waals surface area contributed by atoms with E-state index in [1.54, 1.807) is 0 Å². The van der Waals surface area contributed by atoms with Crippen LogP contribution in [0, 0.1) is 17.6 Å². The Hall–Kier alpha value is -0.960. The van der Waals surface area contributed by atoms with Crippen molar-refractivity contribution in [2.75, 3.05) is 0 Å². The number of benzene rings is 1. The summed E-state index contributed by atoms with van der Waals surface area (Å²) in [6.45, 7) is 0. The van der Waals surface area contributed by atoms with Crippen molar-refractivity contribution < 1.29 is 13.9 Å². The van der Waals surface area contributed by atoms with E-state index in [1.807, 2.05) is 0 Å². The van der Waals surface area contributed by atoms with Crippen LogP contribution in [0.2, 0.25) is 0 Å². The topological polar surface area (TPSA) is 20.2 Å². The Morgan fingerprint density at radius 1 is 1.12 bits per heavy atom. The molecule has 1 aliphatic carbocycles. The smallest absolute Gasteiger partial charge is 0.129 e. The molecule has 1 atom stereocenters. The maximum absolute atomic E-state index is 13.4. The molecular weight excluding hydrogens is 210 g/mol. The molecule has 0 bridgehead atoms. The van der Waals surface area contributed by atoms with Gasteiger partial charge in [0.05, 0.1) is 6.10 Å². The Balaban J connectivity index is 2.18. The van der Waals surface area contributed by atoms with Crippen LogP contribution in [0.5, 0.6) is 0 Å². The number of aliphatic hydroxyl groups excluding tert-OH is 1. The summed E-state index contributed by atoms with van der Waals surface area (Å²) in [6, 6.07) is 3.26. The second kappa shape index (κ2) is 4.91. The maximum Gasteiger partial charge on any atom is 0.129 e. The van der Waals surface area contributed by atoms with E-state index in [0.717, 1.165) is 43.9 Å². The van der Waals surface area contributed by atoms with Crippen molar-refractivity contribution in [1.29, 1.82) is 0 Å². The van der Waals surface area contributed by atoms with Gasteiger partial charge in [0.25, 0.3) is 0 Å². The highest BCUT2D eigenvalue weighted by Crippen LogP contribution is 2.35. The summed E-state index contributed by atoms with van der Waals surface area (Å²) in [6.07, 6.45) is 4.25. The van der Waals surface area contributed by atoms with Crippen LogP contribution in [0.15, 0.2) is 18.2 Å². The first-order valence-electron chi connectivity index (χ1n) is 5.81. The summed E-state index contributed by atoms with van der Waals surface area (Å²) >= 11 is 0. The molecule has 0 heterocycles. The van der Waals surface area contributed by atoms with Crippen molar-refractivity contribution in [3.63, 3.8) is 0 Å². The predicted octanol–water partition coefficient (Wildman–Crippen LogP) is 3.58. The molecule has 0 spiro atoms. The molecule has 1 N–H and O–H groups in total. The van der Waals surface area contributed by atoms with Crippen LogP contribution in [0.4, 0.5) is 8.78 Å². The van der Waals surface area contributed by atoms with Gasteiger partial charge in [-0.15, -0.1) is 0 Å². The van der Waals surface area contributed by atoms with Crippen LogP contribution < -0.4 is 0 Å². The third-order valence-electron chi connectivity index (χ3n) is 3.37. The third kappa shape index (κ3) is 2.40. The van der Waals surface area contributed by atoms with Crippen molar-refractivity contribution >= 4 is 0 Å². The van der Waals surface area contributed by atoms with Gasteiger partial charge in [0.1, 0.15) is 11.6 Å². The highest BCUT2D eigenvalue weighted by Gasteiger charge is 2.25. The lowest BCUT2D eigenvalue weighted by Gasteiger charge is -2.27. The van der Waals surface area contributed by atoms with E-state index in [4.69, 9.17) is 0 Å². The molecule has 1 aliphatic rings. The summed E-state index contributed by atoms with van der Waals surface area (Å²) in [4.78, 5) is 0. The molecule has 0 radical (unpaired) electrons. The number of halogens is 2. The summed E-state index contributed by atoms with van der Waals surface area (Å²) < 4.78 is 26.4. The molecule has 88 valence electrons. The Morgan fingerprint density at radius 3 is 2.50 bits per heavy atom. The summed E-state index contributed by atoms with van der Waals surface area (Å²) in [5, 5.41) is 10.0. The van der Waals surface area contributed by atoms with Crippen LogP contribution in [-0.4, -0.2) is 5.11 Å². The highest BCUT2D eigenvalue weighted by atomic mass is 19.1. The molecule has 16 heavy (non-hydrogen) atoms. The van der Waals surface area contributed by atoms with Crippen LogP contribution in [0.3, 0.4) is 0 Å². The van der Waals surface area contributed by atoms with E-state index in [-0.39, 0.29) is 11.5 Å². The first-order chi connectivity index (χ1) is 7.68. The van der Waals surface area contributed by atoms with Gasteiger partial charge in [0, 0.05) is 5.56 Å². The van der Waals surface area contributed by atoms with Gasteiger partial charge >= 0.3 is 0 Å². The lowest BCUT2D eigenvalue weighted by atomic mass is 9.82.